The predicted molar refractivity (Wildman–Crippen MR) is 139 cm³/mol. The lowest BCUT2D eigenvalue weighted by atomic mass is 9.90. The lowest BCUT2D eigenvalue weighted by Crippen LogP contribution is -2.05. The molecule has 6 rings (SSSR count). The maximum atomic E-state index is 6.32. The summed E-state index contributed by atoms with van der Waals surface area (Å²) in [6.07, 6.45) is 7.51. The lowest BCUT2D eigenvalue weighted by Gasteiger charge is -2.18. The van der Waals surface area contributed by atoms with Gasteiger partial charge in [0.2, 0.25) is 0 Å². The topological polar surface area (TPSA) is 38.9 Å². The van der Waals surface area contributed by atoms with Gasteiger partial charge in [0.05, 0.1) is 17.0 Å². The van der Waals surface area contributed by atoms with Crippen molar-refractivity contribution in [1.82, 2.24) is 9.97 Å². The van der Waals surface area contributed by atoms with Crippen molar-refractivity contribution in [3.63, 3.8) is 0 Å². The van der Waals surface area contributed by atoms with Crippen LogP contribution in [0.25, 0.3) is 50.2 Å². The Hall–Kier alpha value is -3.50. The van der Waals surface area contributed by atoms with Gasteiger partial charge in [0.25, 0.3) is 0 Å². The third-order valence-electron chi connectivity index (χ3n) is 6.21. The minimum absolute atomic E-state index is 0.398. The van der Waals surface area contributed by atoms with Crippen LogP contribution in [0.2, 0.25) is 0 Å². The maximum absolute atomic E-state index is 6.32. The number of allylic oxidation sites excluding steroid dienone is 4. The second kappa shape index (κ2) is 8.13. The molecule has 0 spiro atoms. The zero-order chi connectivity index (χ0) is 22.4. The smallest absolute Gasteiger partial charge is 0.164 e. The van der Waals surface area contributed by atoms with Crippen LogP contribution in [0.1, 0.15) is 19.0 Å². The Balaban J connectivity index is 1.64. The van der Waals surface area contributed by atoms with E-state index in [9.17, 15) is 0 Å². The summed E-state index contributed by atoms with van der Waals surface area (Å²) < 4.78 is 7.29. The molecule has 0 bridgehead atoms. The summed E-state index contributed by atoms with van der Waals surface area (Å²) in [5.74, 6) is 1.06. The van der Waals surface area contributed by atoms with E-state index in [1.165, 1.54) is 5.57 Å². The summed E-state index contributed by atoms with van der Waals surface area (Å²) in [5, 5.41) is 2.14. The summed E-state index contributed by atoms with van der Waals surface area (Å²) in [6, 6.07) is 24.7. The summed E-state index contributed by atoms with van der Waals surface area (Å²) in [6.45, 7) is 2.25. The summed E-state index contributed by atoms with van der Waals surface area (Å²) in [7, 11) is 0. The molecule has 2 heterocycles. The average molecular weight is 493 g/mol. The van der Waals surface area contributed by atoms with Gasteiger partial charge in [-0.3, -0.25) is 0 Å². The molecule has 1 aliphatic rings. The number of furan rings is 1. The number of benzene rings is 3. The van der Waals surface area contributed by atoms with Gasteiger partial charge in [0.15, 0.2) is 5.82 Å². The Morgan fingerprint density at radius 3 is 2.52 bits per heavy atom. The van der Waals surface area contributed by atoms with Crippen molar-refractivity contribution in [2.75, 3.05) is 0 Å². The van der Waals surface area contributed by atoms with E-state index in [2.05, 4.69) is 77.5 Å². The van der Waals surface area contributed by atoms with Gasteiger partial charge in [-0.2, -0.15) is 0 Å². The van der Waals surface area contributed by atoms with Gasteiger partial charge in [0.1, 0.15) is 11.2 Å². The van der Waals surface area contributed by atoms with Gasteiger partial charge in [0, 0.05) is 20.8 Å². The molecule has 2 aromatic heterocycles. The molecule has 160 valence electrons. The number of para-hydroxylation sites is 1. The molecule has 0 saturated heterocycles. The van der Waals surface area contributed by atoms with E-state index in [1.807, 2.05) is 36.4 Å². The fraction of sp³-hybridized carbons (Fsp3) is 0.103. The number of nitrogens with zero attached hydrogens (tertiary/aromatic N) is 2. The second-order valence-electron chi connectivity index (χ2n) is 8.44. The molecule has 0 fully saturated rings. The summed E-state index contributed by atoms with van der Waals surface area (Å²) >= 11 is 3.70. The van der Waals surface area contributed by atoms with Crippen LogP contribution in [0.4, 0.5) is 0 Å². The molecule has 4 heteroatoms. The molecule has 1 aliphatic carbocycles. The molecule has 3 nitrogen and oxygen atoms in total. The fourth-order valence-electron chi connectivity index (χ4n) is 4.51. The van der Waals surface area contributed by atoms with Crippen LogP contribution in [0.3, 0.4) is 0 Å². The largest absolute Gasteiger partial charge is 0.455 e. The normalized spacial score (nSPS) is 15.8. The van der Waals surface area contributed by atoms with Gasteiger partial charge in [-0.15, -0.1) is 0 Å². The minimum atomic E-state index is 0.398. The van der Waals surface area contributed by atoms with E-state index < -0.39 is 0 Å². The first-order chi connectivity index (χ1) is 16.2. The van der Waals surface area contributed by atoms with Gasteiger partial charge in [-0.25, -0.2) is 9.97 Å². The molecule has 3 aromatic carbocycles. The van der Waals surface area contributed by atoms with E-state index in [-0.39, 0.29) is 0 Å². The number of hydrogen-bond donors (Lipinski definition) is 0. The molecular weight excluding hydrogens is 472 g/mol. The standard InChI is InChI=1S/C29H21BrN2O/c1-18-9-5-6-12-21(18)26-17-25(19-10-3-2-4-11-19)31-29(32-26)24-16-20(30)15-23-22-13-7-8-14-27(22)33-28(23)24/h2-8,10-18H,9H2,1H3. The van der Waals surface area contributed by atoms with E-state index in [4.69, 9.17) is 14.4 Å². The van der Waals surface area contributed by atoms with Crippen LogP contribution in [-0.2, 0) is 0 Å². The molecule has 0 amide bonds. The molecule has 0 radical (unpaired) electrons. The summed E-state index contributed by atoms with van der Waals surface area (Å²) in [5.41, 5.74) is 6.71. The molecule has 1 unspecified atom stereocenters. The van der Waals surface area contributed by atoms with Crippen LogP contribution in [0.15, 0.2) is 99.9 Å². The van der Waals surface area contributed by atoms with Crippen molar-refractivity contribution in [2.24, 2.45) is 5.92 Å². The second-order valence-corrected chi connectivity index (χ2v) is 9.36. The van der Waals surface area contributed by atoms with Crippen molar-refractivity contribution in [3.8, 4) is 22.6 Å². The Labute approximate surface area is 200 Å². The zero-order valence-corrected chi connectivity index (χ0v) is 19.7. The van der Waals surface area contributed by atoms with Crippen molar-refractivity contribution in [1.29, 1.82) is 0 Å². The van der Waals surface area contributed by atoms with Crippen LogP contribution in [0, 0.1) is 5.92 Å². The third kappa shape index (κ3) is 3.61. The SMILES string of the molecule is CC1CC=CC=C1c1cc(-c2ccccc2)nc(-c2cc(Br)cc3c2oc2ccccc23)n1. The van der Waals surface area contributed by atoms with Crippen molar-refractivity contribution < 1.29 is 4.42 Å². The Bertz CT molecular complexity index is 1560. The van der Waals surface area contributed by atoms with E-state index in [0.29, 0.717) is 11.7 Å². The first-order valence-corrected chi connectivity index (χ1v) is 11.9. The number of aromatic nitrogens is 2. The van der Waals surface area contributed by atoms with E-state index >= 15 is 0 Å². The molecule has 33 heavy (non-hydrogen) atoms. The third-order valence-corrected chi connectivity index (χ3v) is 6.67. The van der Waals surface area contributed by atoms with Gasteiger partial charge < -0.3 is 4.42 Å². The highest BCUT2D eigenvalue weighted by Crippen LogP contribution is 2.39. The van der Waals surface area contributed by atoms with Crippen LogP contribution < -0.4 is 0 Å². The summed E-state index contributed by atoms with van der Waals surface area (Å²) in [4.78, 5) is 10.1. The number of halogens is 1. The quantitative estimate of drug-likeness (QED) is 0.253. The van der Waals surface area contributed by atoms with Crippen LogP contribution in [0.5, 0.6) is 0 Å². The molecular formula is C29H21BrN2O. The van der Waals surface area contributed by atoms with Gasteiger partial charge in [-0.05, 0) is 42.2 Å². The zero-order valence-electron chi connectivity index (χ0n) is 18.1. The van der Waals surface area contributed by atoms with E-state index in [0.717, 1.165) is 55.3 Å². The Morgan fingerprint density at radius 2 is 1.67 bits per heavy atom. The monoisotopic (exact) mass is 492 g/mol. The minimum Gasteiger partial charge on any atom is -0.455 e. The molecule has 0 N–H and O–H groups in total. The highest BCUT2D eigenvalue weighted by molar-refractivity contribution is 9.10. The molecule has 1 atom stereocenters. The maximum Gasteiger partial charge on any atom is 0.164 e. The highest BCUT2D eigenvalue weighted by Gasteiger charge is 2.20. The molecule has 5 aromatic rings. The van der Waals surface area contributed by atoms with Crippen LogP contribution in [-0.4, -0.2) is 9.97 Å². The van der Waals surface area contributed by atoms with Crippen molar-refractivity contribution >= 4 is 43.4 Å². The molecule has 0 aliphatic heterocycles. The van der Waals surface area contributed by atoms with Crippen LogP contribution >= 0.6 is 15.9 Å². The average Bonchev–Trinajstić information content (AvgIpc) is 3.22. The predicted octanol–water partition coefficient (Wildman–Crippen LogP) is 8.45. The Morgan fingerprint density at radius 1 is 0.879 bits per heavy atom. The number of hydrogen-bond acceptors (Lipinski definition) is 3. The van der Waals surface area contributed by atoms with Crippen molar-refractivity contribution in [2.45, 2.75) is 13.3 Å². The highest BCUT2D eigenvalue weighted by atomic mass is 79.9. The first kappa shape index (κ1) is 20.1. The van der Waals surface area contributed by atoms with Gasteiger partial charge in [-0.1, -0.05) is 89.6 Å². The first-order valence-electron chi connectivity index (χ1n) is 11.1. The Kier molecular flexibility index (Phi) is 4.96. The number of fused-ring (bicyclic) bond motifs is 3. The molecule has 0 saturated carbocycles. The fourth-order valence-corrected chi connectivity index (χ4v) is 4.97. The number of rotatable bonds is 3. The van der Waals surface area contributed by atoms with Gasteiger partial charge >= 0.3 is 0 Å². The van der Waals surface area contributed by atoms with E-state index in [1.54, 1.807) is 0 Å². The van der Waals surface area contributed by atoms with Crippen molar-refractivity contribution in [3.05, 3.63) is 101 Å². The lowest BCUT2D eigenvalue weighted by molar-refractivity contribution is 0.669.